The van der Waals surface area contributed by atoms with Crippen LogP contribution in [0.4, 0.5) is 5.00 Å². The third-order valence-electron chi connectivity index (χ3n) is 5.44. The third kappa shape index (κ3) is 6.92. The van der Waals surface area contributed by atoms with Crippen molar-refractivity contribution in [3.63, 3.8) is 0 Å². The average Bonchev–Trinajstić information content (AvgIpc) is 3.27. The molecule has 0 atom stereocenters. The van der Waals surface area contributed by atoms with Crippen LogP contribution >= 0.6 is 11.3 Å². The number of amides is 1. The van der Waals surface area contributed by atoms with E-state index in [1.54, 1.807) is 33.3 Å². The van der Waals surface area contributed by atoms with Gasteiger partial charge in [0.15, 0.2) is 11.5 Å². The van der Waals surface area contributed by atoms with Crippen molar-refractivity contribution >= 4 is 28.2 Å². The molecule has 3 rings (SSSR count). The van der Waals surface area contributed by atoms with E-state index in [1.165, 1.54) is 11.3 Å². The van der Waals surface area contributed by atoms with Gasteiger partial charge in [-0.1, -0.05) is 6.07 Å². The maximum Gasteiger partial charge on any atom is 0.341 e. The van der Waals surface area contributed by atoms with E-state index in [1.807, 2.05) is 11.4 Å². The molecule has 0 aliphatic carbocycles. The van der Waals surface area contributed by atoms with Gasteiger partial charge in [0.05, 0.1) is 40.6 Å². The predicted molar refractivity (Wildman–Crippen MR) is 132 cm³/mol. The summed E-state index contributed by atoms with van der Waals surface area (Å²) in [5.41, 5.74) is 1.76. The molecule has 186 valence electrons. The summed E-state index contributed by atoms with van der Waals surface area (Å²) in [5.74, 6) is 0.445. The van der Waals surface area contributed by atoms with Crippen LogP contribution in [0.5, 0.6) is 11.5 Å². The minimum absolute atomic E-state index is 0.162. The predicted octanol–water partition coefficient (Wildman–Crippen LogP) is 2.86. The van der Waals surface area contributed by atoms with Crippen molar-refractivity contribution in [1.29, 1.82) is 0 Å². The van der Waals surface area contributed by atoms with E-state index in [-0.39, 0.29) is 19.1 Å². The zero-order valence-corrected chi connectivity index (χ0v) is 20.8. The molecule has 0 bridgehead atoms. The number of hydrogen-bond acceptors (Lipinski definition) is 9. The summed E-state index contributed by atoms with van der Waals surface area (Å²) in [6, 6.07) is 5.42. The molecule has 1 aliphatic heterocycles. The standard InChI is InChI=1S/C24H33N3O6S/c1-4-33-24(29)22-18(17-6-7-19(30-2)20(14-17)31-3)16-34-23(22)26-21(28)15-25-8-5-9-27-10-12-32-13-11-27/h6-7,14,16,25H,4-5,8-13,15H2,1-3H3,(H,26,28). The number of nitrogens with zero attached hydrogens (tertiary/aromatic N) is 1. The van der Waals surface area contributed by atoms with Crippen molar-refractivity contribution in [2.45, 2.75) is 13.3 Å². The van der Waals surface area contributed by atoms with E-state index in [9.17, 15) is 9.59 Å². The third-order valence-corrected chi connectivity index (χ3v) is 6.33. The summed E-state index contributed by atoms with van der Waals surface area (Å²) in [6.45, 7) is 7.33. The smallest absolute Gasteiger partial charge is 0.341 e. The molecule has 2 heterocycles. The van der Waals surface area contributed by atoms with Crippen LogP contribution in [0.2, 0.25) is 0 Å². The number of benzene rings is 1. The lowest BCUT2D eigenvalue weighted by Gasteiger charge is -2.26. The molecular formula is C24H33N3O6S. The van der Waals surface area contributed by atoms with Crippen LogP contribution in [0.25, 0.3) is 11.1 Å². The normalized spacial score (nSPS) is 14.0. The molecule has 1 amide bonds. The van der Waals surface area contributed by atoms with Crippen molar-refractivity contribution in [2.75, 3.05) is 72.1 Å². The minimum Gasteiger partial charge on any atom is -0.493 e. The molecule has 1 aromatic heterocycles. The Morgan fingerprint density at radius 1 is 1.15 bits per heavy atom. The Labute approximate surface area is 204 Å². The van der Waals surface area contributed by atoms with E-state index >= 15 is 0 Å². The number of ether oxygens (including phenoxy) is 4. The van der Waals surface area contributed by atoms with E-state index in [0.717, 1.165) is 51.4 Å². The number of anilines is 1. The first kappa shape index (κ1) is 26.0. The SMILES string of the molecule is CCOC(=O)c1c(-c2ccc(OC)c(OC)c2)csc1NC(=O)CNCCCN1CCOCC1. The molecule has 1 aliphatic rings. The number of carbonyl (C=O) groups is 2. The summed E-state index contributed by atoms with van der Waals surface area (Å²) in [5, 5.41) is 8.33. The van der Waals surface area contributed by atoms with Crippen LogP contribution in [0, 0.1) is 0 Å². The largest absolute Gasteiger partial charge is 0.493 e. The molecule has 9 nitrogen and oxygen atoms in total. The highest BCUT2D eigenvalue weighted by molar-refractivity contribution is 7.15. The van der Waals surface area contributed by atoms with Crippen LogP contribution in [0.1, 0.15) is 23.7 Å². The fraction of sp³-hybridized carbons (Fsp3) is 0.500. The molecule has 0 radical (unpaired) electrons. The maximum atomic E-state index is 12.8. The fourth-order valence-electron chi connectivity index (χ4n) is 3.70. The van der Waals surface area contributed by atoms with Gasteiger partial charge in [-0.05, 0) is 44.1 Å². The number of hydrogen-bond donors (Lipinski definition) is 2. The molecule has 34 heavy (non-hydrogen) atoms. The van der Waals surface area contributed by atoms with Gasteiger partial charge in [-0.2, -0.15) is 0 Å². The molecule has 1 fully saturated rings. The van der Waals surface area contributed by atoms with Crippen LogP contribution < -0.4 is 20.1 Å². The summed E-state index contributed by atoms with van der Waals surface area (Å²) in [6.07, 6.45) is 0.948. The van der Waals surface area contributed by atoms with Gasteiger partial charge in [-0.15, -0.1) is 11.3 Å². The monoisotopic (exact) mass is 491 g/mol. The van der Waals surface area contributed by atoms with Gasteiger partial charge < -0.3 is 29.6 Å². The first-order valence-corrected chi connectivity index (χ1v) is 12.3. The summed E-state index contributed by atoms with van der Waals surface area (Å²) >= 11 is 1.29. The second-order valence-electron chi connectivity index (χ2n) is 7.68. The molecular weight excluding hydrogens is 458 g/mol. The molecule has 0 unspecified atom stereocenters. The van der Waals surface area contributed by atoms with E-state index < -0.39 is 5.97 Å². The van der Waals surface area contributed by atoms with Gasteiger partial charge in [-0.3, -0.25) is 9.69 Å². The van der Waals surface area contributed by atoms with Crippen molar-refractivity contribution < 1.29 is 28.5 Å². The second-order valence-corrected chi connectivity index (χ2v) is 8.56. The molecule has 1 aromatic carbocycles. The summed E-state index contributed by atoms with van der Waals surface area (Å²) in [7, 11) is 3.12. The Hall–Kier alpha value is -2.66. The van der Waals surface area contributed by atoms with Crippen LogP contribution in [-0.4, -0.2) is 83.5 Å². The maximum absolute atomic E-state index is 12.8. The fourth-order valence-corrected chi connectivity index (χ4v) is 4.67. The topological polar surface area (TPSA) is 98.4 Å². The number of rotatable bonds is 12. The highest BCUT2D eigenvalue weighted by Gasteiger charge is 2.23. The number of methoxy groups -OCH3 is 2. The molecule has 0 spiro atoms. The summed E-state index contributed by atoms with van der Waals surface area (Å²) < 4.78 is 21.3. The summed E-state index contributed by atoms with van der Waals surface area (Å²) in [4.78, 5) is 27.7. The molecule has 1 saturated heterocycles. The Morgan fingerprint density at radius 3 is 2.62 bits per heavy atom. The average molecular weight is 492 g/mol. The van der Waals surface area contributed by atoms with Crippen LogP contribution in [0.15, 0.2) is 23.6 Å². The second kappa shape index (κ2) is 13.3. The zero-order valence-electron chi connectivity index (χ0n) is 20.0. The highest BCUT2D eigenvalue weighted by Crippen LogP contribution is 2.39. The first-order chi connectivity index (χ1) is 16.6. The lowest BCUT2D eigenvalue weighted by atomic mass is 10.0. The number of esters is 1. The Morgan fingerprint density at radius 2 is 1.91 bits per heavy atom. The van der Waals surface area contributed by atoms with Gasteiger partial charge in [0.2, 0.25) is 5.91 Å². The lowest BCUT2D eigenvalue weighted by molar-refractivity contribution is -0.115. The van der Waals surface area contributed by atoms with Crippen molar-refractivity contribution in [2.24, 2.45) is 0 Å². The Balaban J connectivity index is 1.64. The Kier molecular flexibility index (Phi) is 10.1. The van der Waals surface area contributed by atoms with Gasteiger partial charge in [-0.25, -0.2) is 4.79 Å². The van der Waals surface area contributed by atoms with Crippen LogP contribution in [-0.2, 0) is 14.3 Å². The molecule has 0 saturated carbocycles. The van der Waals surface area contributed by atoms with Crippen molar-refractivity contribution in [3.8, 4) is 22.6 Å². The number of thiophene rings is 1. The van der Waals surface area contributed by atoms with Crippen LogP contribution in [0.3, 0.4) is 0 Å². The van der Waals surface area contributed by atoms with E-state index in [4.69, 9.17) is 18.9 Å². The molecule has 10 heteroatoms. The van der Waals surface area contributed by atoms with Crippen molar-refractivity contribution in [1.82, 2.24) is 10.2 Å². The number of carbonyl (C=O) groups excluding carboxylic acids is 2. The lowest BCUT2D eigenvalue weighted by Crippen LogP contribution is -2.38. The Bertz CT molecular complexity index is 958. The van der Waals surface area contributed by atoms with Crippen molar-refractivity contribution in [3.05, 3.63) is 29.1 Å². The zero-order chi connectivity index (χ0) is 24.3. The quantitative estimate of drug-likeness (QED) is 0.346. The van der Waals surface area contributed by atoms with E-state index in [0.29, 0.717) is 27.6 Å². The molecule has 2 aromatic rings. The van der Waals surface area contributed by atoms with E-state index in [2.05, 4.69) is 15.5 Å². The number of nitrogens with one attached hydrogen (secondary N) is 2. The van der Waals surface area contributed by atoms with Gasteiger partial charge in [0.25, 0.3) is 0 Å². The van der Waals surface area contributed by atoms with Gasteiger partial charge >= 0.3 is 5.97 Å². The highest BCUT2D eigenvalue weighted by atomic mass is 32.1. The molecule has 2 N–H and O–H groups in total. The van der Waals surface area contributed by atoms with Gasteiger partial charge in [0, 0.05) is 24.0 Å². The minimum atomic E-state index is -0.484. The number of morpholine rings is 1. The van der Waals surface area contributed by atoms with Gasteiger partial charge in [0.1, 0.15) is 10.6 Å². The first-order valence-electron chi connectivity index (χ1n) is 11.4.